The van der Waals surface area contributed by atoms with Crippen LogP contribution in [-0.4, -0.2) is 50.0 Å². The molecule has 226 valence electrons. The Morgan fingerprint density at radius 3 is 2.12 bits per heavy atom. The number of carbonyl (C=O) groups is 2. The summed E-state index contributed by atoms with van der Waals surface area (Å²) in [5.41, 5.74) is 4.37. The number of amides is 2. The Bertz CT molecular complexity index is 1430. The maximum Gasteiger partial charge on any atom is 0.243 e. The fraction of sp³-hybridized carbons (Fsp3) is 0.394. The molecular formula is C33H42BrN3O4S. The third kappa shape index (κ3) is 9.98. The van der Waals surface area contributed by atoms with Crippen LogP contribution in [0.25, 0.3) is 0 Å². The van der Waals surface area contributed by atoms with Gasteiger partial charge in [-0.25, -0.2) is 8.42 Å². The highest BCUT2D eigenvalue weighted by atomic mass is 79.9. The molecular weight excluding hydrogens is 614 g/mol. The lowest BCUT2D eigenvalue weighted by Gasteiger charge is -2.32. The first-order valence-electron chi connectivity index (χ1n) is 14.3. The van der Waals surface area contributed by atoms with Gasteiger partial charge in [-0.3, -0.25) is 13.9 Å². The lowest BCUT2D eigenvalue weighted by atomic mass is 10.0. The zero-order chi connectivity index (χ0) is 30.9. The van der Waals surface area contributed by atoms with Crippen LogP contribution >= 0.6 is 15.9 Å². The van der Waals surface area contributed by atoms with E-state index in [1.807, 2.05) is 100 Å². The van der Waals surface area contributed by atoms with E-state index < -0.39 is 16.1 Å². The second-order valence-electron chi connectivity index (χ2n) is 11.0. The number of halogens is 1. The van der Waals surface area contributed by atoms with Gasteiger partial charge in [0.25, 0.3) is 0 Å². The summed E-state index contributed by atoms with van der Waals surface area (Å²) >= 11 is 3.47. The van der Waals surface area contributed by atoms with Crippen molar-refractivity contribution in [3.63, 3.8) is 0 Å². The predicted molar refractivity (Wildman–Crippen MR) is 174 cm³/mol. The third-order valence-electron chi connectivity index (χ3n) is 7.18. The maximum absolute atomic E-state index is 14.0. The summed E-state index contributed by atoms with van der Waals surface area (Å²) in [5.74, 6) is -0.404. The molecule has 0 spiro atoms. The first-order valence-corrected chi connectivity index (χ1v) is 17.0. The van der Waals surface area contributed by atoms with Crippen LogP contribution < -0.4 is 9.62 Å². The molecule has 0 unspecified atom stereocenters. The molecule has 0 heterocycles. The summed E-state index contributed by atoms with van der Waals surface area (Å²) in [4.78, 5) is 29.3. The van der Waals surface area contributed by atoms with Crippen LogP contribution in [0.4, 0.5) is 5.69 Å². The number of anilines is 1. The molecule has 2 amide bonds. The van der Waals surface area contributed by atoms with Gasteiger partial charge in [-0.15, -0.1) is 0 Å². The van der Waals surface area contributed by atoms with Gasteiger partial charge >= 0.3 is 0 Å². The molecule has 3 aromatic rings. The Morgan fingerprint density at radius 2 is 1.55 bits per heavy atom. The van der Waals surface area contributed by atoms with E-state index in [9.17, 15) is 18.0 Å². The average Bonchev–Trinajstić information content (AvgIpc) is 2.93. The van der Waals surface area contributed by atoms with E-state index in [1.165, 1.54) is 10.6 Å². The Hall–Kier alpha value is -3.17. The first kappa shape index (κ1) is 33.3. The minimum atomic E-state index is -3.57. The van der Waals surface area contributed by atoms with Crippen molar-refractivity contribution < 1.29 is 18.0 Å². The van der Waals surface area contributed by atoms with Gasteiger partial charge in [0.1, 0.15) is 6.04 Å². The largest absolute Gasteiger partial charge is 0.352 e. The highest BCUT2D eigenvalue weighted by molar-refractivity contribution is 9.10. The molecule has 7 nitrogen and oxygen atoms in total. The Kier molecular flexibility index (Phi) is 12.2. The van der Waals surface area contributed by atoms with Crippen molar-refractivity contribution >= 4 is 43.5 Å². The standard InChI is InChI=1S/C33H42BrN3O4S/c1-6-26(4)35-33(39)31(22-27-11-8-7-9-12-27)36(23-28-14-16-29(34)17-15-28)32(38)13-10-18-37(42(5,40)41)30-20-24(2)19-25(3)21-30/h7-9,11-12,14-17,19-21,26,31H,6,10,13,18,22-23H2,1-5H3,(H,35,39)/t26-,31-/m0/s1. The van der Waals surface area contributed by atoms with Gasteiger partial charge in [0, 0.05) is 36.4 Å². The fourth-order valence-electron chi connectivity index (χ4n) is 4.88. The van der Waals surface area contributed by atoms with Gasteiger partial charge < -0.3 is 10.2 Å². The molecule has 9 heteroatoms. The Labute approximate surface area is 259 Å². The van der Waals surface area contributed by atoms with Crippen LogP contribution in [0.2, 0.25) is 0 Å². The zero-order valence-corrected chi connectivity index (χ0v) is 27.5. The fourth-order valence-corrected chi connectivity index (χ4v) is 6.09. The van der Waals surface area contributed by atoms with Crippen molar-refractivity contribution in [1.29, 1.82) is 0 Å². The van der Waals surface area contributed by atoms with E-state index in [0.717, 1.165) is 33.1 Å². The zero-order valence-electron chi connectivity index (χ0n) is 25.1. The molecule has 0 saturated heterocycles. The summed E-state index contributed by atoms with van der Waals surface area (Å²) in [6.07, 6.45) is 2.71. The van der Waals surface area contributed by atoms with Crippen molar-refractivity contribution in [2.24, 2.45) is 0 Å². The van der Waals surface area contributed by atoms with E-state index in [1.54, 1.807) is 4.90 Å². The Balaban J connectivity index is 1.90. The highest BCUT2D eigenvalue weighted by Gasteiger charge is 2.31. The minimum Gasteiger partial charge on any atom is -0.352 e. The van der Waals surface area contributed by atoms with Crippen molar-refractivity contribution in [3.05, 3.63) is 99.5 Å². The molecule has 3 rings (SSSR count). The average molecular weight is 657 g/mol. The molecule has 3 aromatic carbocycles. The highest BCUT2D eigenvalue weighted by Crippen LogP contribution is 2.23. The van der Waals surface area contributed by atoms with Crippen LogP contribution in [0, 0.1) is 13.8 Å². The SMILES string of the molecule is CC[C@H](C)NC(=O)[C@H](Cc1ccccc1)N(Cc1ccc(Br)cc1)C(=O)CCCN(c1cc(C)cc(C)c1)S(C)(=O)=O. The summed E-state index contributed by atoms with van der Waals surface area (Å²) in [6, 6.07) is 22.3. The number of rotatable bonds is 14. The third-order valence-corrected chi connectivity index (χ3v) is 8.91. The molecule has 2 atom stereocenters. The molecule has 0 aliphatic rings. The topological polar surface area (TPSA) is 86.8 Å². The molecule has 0 aliphatic carbocycles. The van der Waals surface area contributed by atoms with E-state index in [-0.39, 0.29) is 37.4 Å². The first-order chi connectivity index (χ1) is 19.9. The van der Waals surface area contributed by atoms with Gasteiger partial charge in [-0.1, -0.05) is 71.4 Å². The summed E-state index contributed by atoms with van der Waals surface area (Å²) in [6.45, 7) is 8.22. The predicted octanol–water partition coefficient (Wildman–Crippen LogP) is 6.17. The maximum atomic E-state index is 14.0. The second-order valence-corrected chi connectivity index (χ2v) is 13.8. The number of carbonyl (C=O) groups excluding carboxylic acids is 2. The van der Waals surface area contributed by atoms with E-state index in [4.69, 9.17) is 0 Å². The number of benzene rings is 3. The number of aryl methyl sites for hydroxylation is 2. The monoisotopic (exact) mass is 655 g/mol. The summed E-state index contributed by atoms with van der Waals surface area (Å²) in [7, 11) is -3.57. The van der Waals surface area contributed by atoms with Crippen LogP contribution in [0.3, 0.4) is 0 Å². The van der Waals surface area contributed by atoms with Gasteiger partial charge in [-0.05, 0) is 80.1 Å². The van der Waals surface area contributed by atoms with Crippen LogP contribution in [-0.2, 0) is 32.6 Å². The number of sulfonamides is 1. The van der Waals surface area contributed by atoms with Crippen molar-refractivity contribution in [1.82, 2.24) is 10.2 Å². The van der Waals surface area contributed by atoms with Crippen LogP contribution in [0.15, 0.2) is 77.3 Å². The quantitative estimate of drug-likeness (QED) is 0.225. The minimum absolute atomic E-state index is 0.0403. The van der Waals surface area contributed by atoms with Crippen molar-refractivity contribution in [2.45, 2.75) is 72.0 Å². The van der Waals surface area contributed by atoms with Crippen molar-refractivity contribution in [2.75, 3.05) is 17.1 Å². The molecule has 0 aromatic heterocycles. The summed E-state index contributed by atoms with van der Waals surface area (Å²) in [5, 5.41) is 3.08. The van der Waals surface area contributed by atoms with Gasteiger partial charge in [0.2, 0.25) is 21.8 Å². The molecule has 0 saturated carbocycles. The van der Waals surface area contributed by atoms with Gasteiger partial charge in [0.15, 0.2) is 0 Å². The number of nitrogens with zero attached hydrogens (tertiary/aromatic N) is 2. The summed E-state index contributed by atoms with van der Waals surface area (Å²) < 4.78 is 27.8. The second kappa shape index (κ2) is 15.3. The Morgan fingerprint density at radius 1 is 0.929 bits per heavy atom. The number of hydrogen-bond donors (Lipinski definition) is 1. The van der Waals surface area contributed by atoms with E-state index in [2.05, 4.69) is 21.2 Å². The molecule has 1 N–H and O–H groups in total. The van der Waals surface area contributed by atoms with E-state index >= 15 is 0 Å². The number of nitrogens with one attached hydrogen (secondary N) is 1. The smallest absolute Gasteiger partial charge is 0.243 e. The molecule has 42 heavy (non-hydrogen) atoms. The van der Waals surface area contributed by atoms with Crippen LogP contribution in [0.1, 0.15) is 55.4 Å². The van der Waals surface area contributed by atoms with E-state index in [0.29, 0.717) is 18.5 Å². The van der Waals surface area contributed by atoms with Crippen LogP contribution in [0.5, 0.6) is 0 Å². The normalized spacial score (nSPS) is 12.8. The lowest BCUT2D eigenvalue weighted by Crippen LogP contribution is -2.52. The van der Waals surface area contributed by atoms with Gasteiger partial charge in [-0.2, -0.15) is 0 Å². The van der Waals surface area contributed by atoms with Gasteiger partial charge in [0.05, 0.1) is 11.9 Å². The molecule has 0 fully saturated rings. The number of hydrogen-bond acceptors (Lipinski definition) is 4. The lowest BCUT2D eigenvalue weighted by molar-refractivity contribution is -0.141. The van der Waals surface area contributed by atoms with Crippen molar-refractivity contribution in [3.8, 4) is 0 Å². The molecule has 0 aliphatic heterocycles. The molecule has 0 bridgehead atoms. The molecule has 0 radical (unpaired) electrons.